The lowest BCUT2D eigenvalue weighted by molar-refractivity contribution is -0.123. The van der Waals surface area contributed by atoms with E-state index in [1.165, 1.54) is 18.2 Å². The number of phenols is 1. The Labute approximate surface area is 84.6 Å². The maximum Gasteiger partial charge on any atom is 0.415 e. The van der Waals surface area contributed by atoms with Gasteiger partial charge in [0.1, 0.15) is 5.75 Å². The molecule has 1 unspecified atom stereocenters. The van der Waals surface area contributed by atoms with Gasteiger partial charge in [-0.15, -0.1) is 0 Å². The number of cyclic esters (lactones) is 1. The molecule has 4 N–H and O–H groups in total. The van der Waals surface area contributed by atoms with Crippen LogP contribution in [-0.2, 0) is 9.53 Å². The number of rotatable bonds is 1. The molecule has 1 aliphatic rings. The van der Waals surface area contributed by atoms with Crippen molar-refractivity contribution in [3.8, 4) is 5.75 Å². The molecule has 1 aromatic carbocycles. The molecule has 1 aliphatic heterocycles. The van der Waals surface area contributed by atoms with E-state index in [1.54, 1.807) is 0 Å². The van der Waals surface area contributed by atoms with Crippen LogP contribution in [-0.4, -0.2) is 17.1 Å². The van der Waals surface area contributed by atoms with Gasteiger partial charge in [-0.25, -0.2) is 4.79 Å². The fourth-order valence-corrected chi connectivity index (χ4v) is 1.31. The first kappa shape index (κ1) is 9.32. The lowest BCUT2D eigenvalue weighted by atomic mass is 10.1. The van der Waals surface area contributed by atoms with E-state index in [2.05, 4.69) is 0 Å². The van der Waals surface area contributed by atoms with E-state index < -0.39 is 18.1 Å². The number of imide groups is 1. The third-order valence-corrected chi connectivity index (χ3v) is 2.04. The molecule has 1 aromatic rings. The van der Waals surface area contributed by atoms with Gasteiger partial charge in [0.2, 0.25) is 6.10 Å². The second-order valence-electron chi connectivity index (χ2n) is 3.09. The third-order valence-electron chi connectivity index (χ3n) is 2.04. The van der Waals surface area contributed by atoms with Crippen molar-refractivity contribution in [3.05, 3.63) is 23.8 Å². The molecule has 6 heteroatoms. The minimum absolute atomic E-state index is 0.0801. The molecule has 1 fully saturated rings. The number of phenolic OH excluding ortho intramolecular Hbond substituents is 1. The third kappa shape index (κ3) is 1.56. The number of benzene rings is 1. The highest BCUT2D eigenvalue weighted by Crippen LogP contribution is 2.28. The maximum atomic E-state index is 11.2. The minimum Gasteiger partial charge on any atom is -0.506 e. The molecular formula is C9H8N2O4. The van der Waals surface area contributed by atoms with Crippen LogP contribution in [0.15, 0.2) is 18.2 Å². The Balaban J connectivity index is 2.34. The number of ether oxygens (including phenoxy) is 1. The molecule has 0 aliphatic carbocycles. The number of carbonyl (C=O) groups excluding carboxylic acids is 2. The van der Waals surface area contributed by atoms with Crippen molar-refractivity contribution in [2.75, 3.05) is 5.73 Å². The average Bonchev–Trinajstić information content (AvgIpc) is 2.50. The Bertz CT molecular complexity index is 444. The van der Waals surface area contributed by atoms with Gasteiger partial charge in [0.15, 0.2) is 0 Å². The summed E-state index contributed by atoms with van der Waals surface area (Å²) in [5.41, 5.74) is 6.00. The van der Waals surface area contributed by atoms with Crippen LogP contribution in [0.1, 0.15) is 11.7 Å². The number of aromatic hydroxyl groups is 1. The van der Waals surface area contributed by atoms with Crippen molar-refractivity contribution in [1.82, 2.24) is 5.32 Å². The zero-order valence-electron chi connectivity index (χ0n) is 7.56. The first-order valence-corrected chi connectivity index (χ1v) is 4.18. The molecule has 78 valence electrons. The van der Waals surface area contributed by atoms with Gasteiger partial charge in [-0.2, -0.15) is 0 Å². The van der Waals surface area contributed by atoms with Gasteiger partial charge in [0.05, 0.1) is 5.69 Å². The molecule has 0 radical (unpaired) electrons. The quantitative estimate of drug-likeness (QED) is 0.454. The van der Waals surface area contributed by atoms with Crippen LogP contribution >= 0.6 is 0 Å². The van der Waals surface area contributed by atoms with Gasteiger partial charge in [0.25, 0.3) is 5.91 Å². The number of nitrogens with two attached hydrogens (primary N) is 1. The Morgan fingerprint density at radius 2 is 2.13 bits per heavy atom. The van der Waals surface area contributed by atoms with Crippen LogP contribution in [0.3, 0.4) is 0 Å². The topological polar surface area (TPSA) is 102 Å². The van der Waals surface area contributed by atoms with Gasteiger partial charge in [-0.1, -0.05) is 6.07 Å². The van der Waals surface area contributed by atoms with Crippen LogP contribution < -0.4 is 11.1 Å². The molecule has 1 atom stereocenters. The van der Waals surface area contributed by atoms with E-state index in [1.807, 2.05) is 5.32 Å². The number of amides is 2. The van der Waals surface area contributed by atoms with E-state index in [0.29, 0.717) is 5.56 Å². The zero-order valence-corrected chi connectivity index (χ0v) is 7.56. The number of anilines is 1. The second-order valence-corrected chi connectivity index (χ2v) is 3.09. The number of nitrogen functional groups attached to an aromatic ring is 1. The molecule has 6 nitrogen and oxygen atoms in total. The summed E-state index contributed by atoms with van der Waals surface area (Å²) in [7, 11) is 0. The van der Waals surface area contributed by atoms with Gasteiger partial charge in [-0.05, 0) is 12.1 Å². The highest BCUT2D eigenvalue weighted by molar-refractivity contribution is 6.00. The molecule has 0 bridgehead atoms. The normalized spacial score (nSPS) is 19.9. The van der Waals surface area contributed by atoms with Gasteiger partial charge in [0, 0.05) is 5.56 Å². The summed E-state index contributed by atoms with van der Waals surface area (Å²) in [6.45, 7) is 0. The molecule has 1 heterocycles. The minimum atomic E-state index is -0.986. The Hall–Kier alpha value is -2.24. The first-order chi connectivity index (χ1) is 7.08. The van der Waals surface area contributed by atoms with Gasteiger partial charge >= 0.3 is 6.09 Å². The van der Waals surface area contributed by atoms with Crippen molar-refractivity contribution in [3.63, 3.8) is 0 Å². The fourth-order valence-electron chi connectivity index (χ4n) is 1.31. The summed E-state index contributed by atoms with van der Waals surface area (Å²) in [6, 6.07) is 4.19. The molecule has 15 heavy (non-hydrogen) atoms. The average molecular weight is 208 g/mol. The van der Waals surface area contributed by atoms with E-state index in [0.717, 1.165) is 0 Å². The highest BCUT2D eigenvalue weighted by atomic mass is 16.6. The second kappa shape index (κ2) is 3.16. The molecular weight excluding hydrogens is 200 g/mol. The molecule has 0 saturated carbocycles. The molecule has 0 spiro atoms. The number of hydrogen-bond acceptors (Lipinski definition) is 5. The largest absolute Gasteiger partial charge is 0.506 e. The summed E-state index contributed by atoms with van der Waals surface area (Å²) in [4.78, 5) is 22.0. The number of nitrogens with one attached hydrogen (secondary N) is 1. The van der Waals surface area contributed by atoms with Crippen molar-refractivity contribution < 1.29 is 19.4 Å². The summed E-state index contributed by atoms with van der Waals surface area (Å²) >= 11 is 0. The predicted molar refractivity (Wildman–Crippen MR) is 49.9 cm³/mol. The van der Waals surface area contributed by atoms with Crippen molar-refractivity contribution in [1.29, 1.82) is 0 Å². The van der Waals surface area contributed by atoms with Crippen LogP contribution in [0.4, 0.5) is 10.5 Å². The summed E-state index contributed by atoms with van der Waals surface area (Å²) in [6.07, 6.45) is -1.77. The first-order valence-electron chi connectivity index (χ1n) is 4.18. The number of carbonyl (C=O) groups is 2. The lowest BCUT2D eigenvalue weighted by Crippen LogP contribution is -2.20. The molecule has 2 amide bonds. The number of hydrogen-bond donors (Lipinski definition) is 3. The maximum absolute atomic E-state index is 11.2. The summed E-state index contributed by atoms with van der Waals surface area (Å²) < 4.78 is 4.72. The lowest BCUT2D eigenvalue weighted by Gasteiger charge is -2.07. The van der Waals surface area contributed by atoms with Crippen LogP contribution in [0, 0.1) is 0 Å². The predicted octanol–water partition coefficient (Wildman–Crippen LogP) is 0.282. The SMILES string of the molecule is Nc1cc(C2OC(=O)NC2=O)ccc1O. The molecule has 0 aromatic heterocycles. The van der Waals surface area contributed by atoms with Gasteiger partial charge < -0.3 is 15.6 Å². The summed E-state index contributed by atoms with van der Waals surface area (Å²) in [5, 5.41) is 11.2. The van der Waals surface area contributed by atoms with Crippen molar-refractivity contribution >= 4 is 17.7 Å². The molecule has 1 saturated heterocycles. The smallest absolute Gasteiger partial charge is 0.415 e. The zero-order chi connectivity index (χ0) is 11.0. The number of alkyl carbamates (subject to hydrolysis) is 1. The van der Waals surface area contributed by atoms with Crippen LogP contribution in [0.5, 0.6) is 5.75 Å². The molecule has 2 rings (SSSR count). The monoisotopic (exact) mass is 208 g/mol. The Kier molecular flexibility index (Phi) is 1.96. The van der Waals surface area contributed by atoms with Crippen molar-refractivity contribution in [2.24, 2.45) is 0 Å². The Morgan fingerprint density at radius 3 is 2.67 bits per heavy atom. The van der Waals surface area contributed by atoms with Gasteiger partial charge in [-0.3, -0.25) is 10.1 Å². The van der Waals surface area contributed by atoms with Crippen LogP contribution in [0.2, 0.25) is 0 Å². The summed E-state index contributed by atoms with van der Waals surface area (Å²) in [5.74, 6) is -0.617. The van der Waals surface area contributed by atoms with E-state index in [4.69, 9.17) is 10.5 Å². The fraction of sp³-hybridized carbons (Fsp3) is 0.111. The standard InChI is InChI=1S/C9H8N2O4/c10-5-3-4(1-2-6(5)12)7-8(13)11-9(14)15-7/h1-3,7,12H,10H2,(H,11,13,14). The highest BCUT2D eigenvalue weighted by Gasteiger charge is 2.33. The Morgan fingerprint density at radius 1 is 1.40 bits per heavy atom. The van der Waals surface area contributed by atoms with E-state index in [9.17, 15) is 14.7 Å². The van der Waals surface area contributed by atoms with Crippen molar-refractivity contribution in [2.45, 2.75) is 6.10 Å². The van der Waals surface area contributed by atoms with E-state index in [-0.39, 0.29) is 11.4 Å². The van der Waals surface area contributed by atoms with E-state index >= 15 is 0 Å². The van der Waals surface area contributed by atoms with Crippen LogP contribution in [0.25, 0.3) is 0 Å².